The molecule has 0 aliphatic heterocycles. The van der Waals surface area contributed by atoms with Crippen LogP contribution in [-0.2, 0) is 12.2 Å². The summed E-state index contributed by atoms with van der Waals surface area (Å²) < 4.78 is 30.5. The van der Waals surface area contributed by atoms with Crippen molar-refractivity contribution in [3.05, 3.63) is 59.9 Å². The molecule has 0 radical (unpaired) electrons. The summed E-state index contributed by atoms with van der Waals surface area (Å²) in [4.78, 5) is 4.51. The van der Waals surface area contributed by atoms with Crippen molar-refractivity contribution in [1.29, 1.82) is 0 Å². The predicted octanol–water partition coefficient (Wildman–Crippen LogP) is 3.90. The molecule has 0 spiro atoms. The van der Waals surface area contributed by atoms with Crippen molar-refractivity contribution in [2.24, 2.45) is 0 Å². The maximum atomic E-state index is 12.3. The molecule has 2 aromatic carbocycles. The summed E-state index contributed by atoms with van der Waals surface area (Å²) in [5, 5.41) is 19.4. The Balaban J connectivity index is 1.43. The van der Waals surface area contributed by atoms with Gasteiger partial charge in [0, 0.05) is 5.56 Å². The lowest BCUT2D eigenvalue weighted by Crippen LogP contribution is -2.04. The number of alkyl halides is 2. The zero-order valence-electron chi connectivity index (χ0n) is 15.9. The molecule has 30 heavy (non-hydrogen) atoms. The fourth-order valence-electron chi connectivity index (χ4n) is 2.73. The van der Waals surface area contributed by atoms with Crippen LogP contribution in [0.25, 0.3) is 17.1 Å². The van der Waals surface area contributed by atoms with Crippen molar-refractivity contribution < 1.29 is 13.5 Å². The van der Waals surface area contributed by atoms with Crippen LogP contribution in [0.15, 0.2) is 53.7 Å². The number of nitrogens with one attached hydrogen (secondary N) is 1. The van der Waals surface area contributed by atoms with Crippen molar-refractivity contribution in [3.63, 3.8) is 0 Å². The third-order valence-corrected chi connectivity index (χ3v) is 5.11. The van der Waals surface area contributed by atoms with Crippen molar-refractivity contribution in [2.45, 2.75) is 30.9 Å². The molecule has 11 heteroatoms. The van der Waals surface area contributed by atoms with Gasteiger partial charge in [-0.15, -0.1) is 10.2 Å². The Morgan fingerprint density at radius 2 is 1.87 bits per heavy atom. The lowest BCUT2D eigenvalue weighted by Gasteiger charge is -2.06. The molecule has 0 fully saturated rings. The summed E-state index contributed by atoms with van der Waals surface area (Å²) in [5.74, 6) is 1.75. The molecular formula is C19H17F2N7OS. The average molecular weight is 429 g/mol. The number of aryl methyl sites for hydroxylation is 1. The molecule has 0 saturated heterocycles. The molecule has 1 N–H and O–H groups in total. The zero-order chi connectivity index (χ0) is 20.9. The second-order valence-corrected chi connectivity index (χ2v) is 7.13. The number of tetrazole rings is 1. The van der Waals surface area contributed by atoms with Gasteiger partial charge in [-0.3, -0.25) is 5.10 Å². The summed E-state index contributed by atoms with van der Waals surface area (Å²) in [6.45, 7) is -0.760. The van der Waals surface area contributed by atoms with Crippen molar-refractivity contribution in [2.75, 3.05) is 0 Å². The van der Waals surface area contributed by atoms with Gasteiger partial charge in [-0.25, -0.2) is 4.98 Å². The monoisotopic (exact) mass is 429 g/mol. The molecule has 4 rings (SSSR count). The largest absolute Gasteiger partial charge is 0.435 e. The van der Waals surface area contributed by atoms with E-state index in [9.17, 15) is 8.78 Å². The van der Waals surface area contributed by atoms with Gasteiger partial charge >= 0.3 is 6.61 Å². The molecule has 0 unspecified atom stereocenters. The third-order valence-electron chi connectivity index (χ3n) is 4.27. The van der Waals surface area contributed by atoms with E-state index in [-0.39, 0.29) is 5.75 Å². The molecule has 0 bridgehead atoms. The topological polar surface area (TPSA) is 94.4 Å². The van der Waals surface area contributed by atoms with E-state index in [1.165, 1.54) is 34.1 Å². The quantitative estimate of drug-likeness (QED) is 0.425. The fourth-order valence-corrected chi connectivity index (χ4v) is 3.44. The van der Waals surface area contributed by atoms with Crippen molar-refractivity contribution in [1.82, 2.24) is 35.4 Å². The first-order valence-corrected chi connectivity index (χ1v) is 10.1. The summed E-state index contributed by atoms with van der Waals surface area (Å²) in [5.41, 5.74) is 2.85. The number of halogens is 2. The lowest BCUT2D eigenvalue weighted by atomic mass is 10.1. The van der Waals surface area contributed by atoms with Crippen LogP contribution in [0.4, 0.5) is 8.78 Å². The van der Waals surface area contributed by atoms with Crippen LogP contribution in [0.1, 0.15) is 18.3 Å². The highest BCUT2D eigenvalue weighted by molar-refractivity contribution is 7.98. The number of thioether (sulfide) groups is 1. The first-order valence-electron chi connectivity index (χ1n) is 9.09. The van der Waals surface area contributed by atoms with Crippen molar-refractivity contribution in [3.8, 4) is 22.8 Å². The Hall–Kier alpha value is -3.34. The van der Waals surface area contributed by atoms with Crippen LogP contribution in [0, 0.1) is 0 Å². The number of ether oxygens (including phenoxy) is 1. The Kier molecular flexibility index (Phi) is 5.98. The van der Waals surface area contributed by atoms with E-state index in [4.69, 9.17) is 0 Å². The lowest BCUT2D eigenvalue weighted by molar-refractivity contribution is -0.0498. The number of aromatic amines is 1. The highest BCUT2D eigenvalue weighted by Crippen LogP contribution is 2.23. The molecule has 154 valence electrons. The Bertz CT molecular complexity index is 1100. The molecule has 0 saturated carbocycles. The number of H-pyrrole nitrogens is 1. The highest BCUT2D eigenvalue weighted by Gasteiger charge is 2.13. The van der Waals surface area contributed by atoms with Gasteiger partial charge in [-0.2, -0.15) is 13.5 Å². The summed E-state index contributed by atoms with van der Waals surface area (Å²) in [7, 11) is 0. The normalized spacial score (nSPS) is 11.2. The number of nitrogens with zero attached hydrogens (tertiary/aromatic N) is 6. The van der Waals surface area contributed by atoms with Crippen LogP contribution in [-0.4, -0.2) is 42.0 Å². The van der Waals surface area contributed by atoms with Crippen LogP contribution in [0.3, 0.4) is 0 Å². The number of aromatic nitrogens is 7. The first kappa shape index (κ1) is 20.0. The van der Waals surface area contributed by atoms with Gasteiger partial charge in [-0.05, 0) is 46.7 Å². The number of hydrogen-bond acceptors (Lipinski definition) is 7. The van der Waals surface area contributed by atoms with Crippen LogP contribution in [0.5, 0.6) is 5.75 Å². The molecule has 8 nitrogen and oxygen atoms in total. The molecule has 0 aliphatic rings. The second-order valence-electron chi connectivity index (χ2n) is 6.19. The summed E-state index contributed by atoms with van der Waals surface area (Å²) in [6.07, 6.45) is 0.981. The molecule has 0 atom stereocenters. The van der Waals surface area contributed by atoms with Gasteiger partial charge in [0.15, 0.2) is 11.6 Å². The smallest absolute Gasteiger partial charge is 0.387 e. The van der Waals surface area contributed by atoms with Gasteiger partial charge in [0.05, 0.1) is 11.4 Å². The summed E-state index contributed by atoms with van der Waals surface area (Å²) >= 11 is 1.38. The minimum atomic E-state index is -2.87. The fraction of sp³-hybridized carbons (Fsp3) is 0.211. The van der Waals surface area contributed by atoms with E-state index in [1.807, 2.05) is 12.1 Å². The van der Waals surface area contributed by atoms with E-state index in [0.29, 0.717) is 28.2 Å². The molecule has 0 amide bonds. The van der Waals surface area contributed by atoms with Gasteiger partial charge in [-0.1, -0.05) is 43.0 Å². The van der Waals surface area contributed by atoms with Crippen LogP contribution < -0.4 is 4.74 Å². The Morgan fingerprint density at radius 3 is 2.57 bits per heavy atom. The Morgan fingerprint density at radius 1 is 1.10 bits per heavy atom. The third kappa shape index (κ3) is 4.62. The molecular weight excluding hydrogens is 412 g/mol. The minimum Gasteiger partial charge on any atom is -0.435 e. The SMILES string of the molecule is CCc1ccc(-c2nc(SCc3nnnn3-c3ccc(OC(F)F)cc3)n[nH]2)cc1. The van der Waals surface area contributed by atoms with Crippen LogP contribution in [0.2, 0.25) is 0 Å². The van der Waals surface area contributed by atoms with Crippen molar-refractivity contribution >= 4 is 11.8 Å². The molecule has 4 aromatic rings. The molecule has 2 heterocycles. The maximum Gasteiger partial charge on any atom is 0.387 e. The highest BCUT2D eigenvalue weighted by atomic mass is 32.2. The summed E-state index contributed by atoms with van der Waals surface area (Å²) in [6, 6.07) is 14.2. The zero-order valence-corrected chi connectivity index (χ0v) is 16.7. The predicted molar refractivity (Wildman–Crippen MR) is 107 cm³/mol. The maximum absolute atomic E-state index is 12.3. The van der Waals surface area contributed by atoms with E-state index in [0.717, 1.165) is 12.0 Å². The van der Waals surface area contributed by atoms with Gasteiger partial charge in [0.25, 0.3) is 0 Å². The number of rotatable bonds is 8. The van der Waals surface area contributed by atoms with E-state index < -0.39 is 6.61 Å². The molecule has 0 aliphatic carbocycles. The average Bonchev–Trinajstić information content (AvgIpc) is 3.42. The Labute approximate surface area is 174 Å². The minimum absolute atomic E-state index is 0.0676. The number of benzene rings is 2. The molecule has 2 aromatic heterocycles. The second kappa shape index (κ2) is 8.99. The van der Waals surface area contributed by atoms with Gasteiger partial charge in [0.2, 0.25) is 5.16 Å². The van der Waals surface area contributed by atoms with Gasteiger partial charge in [0.1, 0.15) is 5.75 Å². The van der Waals surface area contributed by atoms with Gasteiger partial charge < -0.3 is 4.74 Å². The van der Waals surface area contributed by atoms with E-state index in [2.05, 4.69) is 54.5 Å². The van der Waals surface area contributed by atoms with E-state index >= 15 is 0 Å². The van der Waals surface area contributed by atoms with E-state index in [1.54, 1.807) is 12.1 Å². The standard InChI is InChI=1S/C19H17F2N7OS/c1-2-12-3-5-13(6-4-12)17-22-19(25-24-17)30-11-16-23-26-27-28(16)14-7-9-15(10-8-14)29-18(20)21/h3-10,18H,2,11H2,1H3,(H,22,24,25). The first-order chi connectivity index (χ1) is 14.6. The van der Waals surface area contributed by atoms with Crippen LogP contribution >= 0.6 is 11.8 Å². The number of hydrogen-bond donors (Lipinski definition) is 1.